The standard InChI is InChI=1S/C11H11N3O3S/c15-10-1-3-11(4-2-10)18(16,17)14-7-9-5-6-12-8-13-9/h1-6,8,14-15H,7H2. The molecule has 0 spiro atoms. The van der Waals surface area contributed by atoms with Crippen LogP contribution in [0.3, 0.4) is 0 Å². The SMILES string of the molecule is O=S(=O)(NCc1ccncn1)c1ccc(O)cc1. The highest BCUT2D eigenvalue weighted by molar-refractivity contribution is 7.89. The second-order valence-corrected chi connectivity index (χ2v) is 5.29. The van der Waals surface area contributed by atoms with E-state index in [1.165, 1.54) is 36.8 Å². The Hall–Kier alpha value is -1.99. The van der Waals surface area contributed by atoms with Crippen LogP contribution in [0.2, 0.25) is 0 Å². The Balaban J connectivity index is 2.11. The number of aromatic nitrogens is 2. The van der Waals surface area contributed by atoms with Gasteiger partial charge in [-0.25, -0.2) is 23.1 Å². The van der Waals surface area contributed by atoms with Crippen LogP contribution in [0.1, 0.15) is 5.69 Å². The molecule has 2 aromatic rings. The summed E-state index contributed by atoms with van der Waals surface area (Å²) in [6, 6.07) is 6.92. The summed E-state index contributed by atoms with van der Waals surface area (Å²) in [6.07, 6.45) is 2.89. The van der Waals surface area contributed by atoms with Gasteiger partial charge in [0.05, 0.1) is 17.1 Å². The molecular formula is C11H11N3O3S. The van der Waals surface area contributed by atoms with Gasteiger partial charge in [0, 0.05) is 6.20 Å². The average molecular weight is 265 g/mol. The van der Waals surface area contributed by atoms with Crippen molar-refractivity contribution in [2.75, 3.05) is 0 Å². The van der Waals surface area contributed by atoms with E-state index in [0.29, 0.717) is 5.69 Å². The molecule has 0 radical (unpaired) electrons. The summed E-state index contributed by atoms with van der Waals surface area (Å²) in [6.45, 7) is 0.0890. The molecule has 94 valence electrons. The third kappa shape index (κ3) is 3.02. The number of hydrogen-bond acceptors (Lipinski definition) is 5. The fourth-order valence-electron chi connectivity index (χ4n) is 1.30. The van der Waals surface area contributed by atoms with Gasteiger partial charge in [-0.2, -0.15) is 0 Å². The molecule has 1 aromatic carbocycles. The molecule has 1 aromatic heterocycles. The van der Waals surface area contributed by atoms with Gasteiger partial charge in [-0.05, 0) is 30.3 Å². The first-order valence-electron chi connectivity index (χ1n) is 5.11. The Labute approximate surface area is 104 Å². The number of nitrogens with zero attached hydrogens (tertiary/aromatic N) is 2. The van der Waals surface area contributed by atoms with Gasteiger partial charge < -0.3 is 5.11 Å². The molecule has 0 aliphatic heterocycles. The van der Waals surface area contributed by atoms with E-state index < -0.39 is 10.0 Å². The molecule has 0 unspecified atom stereocenters. The highest BCUT2D eigenvalue weighted by Gasteiger charge is 2.13. The molecule has 0 fully saturated rings. The van der Waals surface area contributed by atoms with E-state index in [9.17, 15) is 8.42 Å². The molecule has 0 saturated heterocycles. The molecule has 2 rings (SSSR count). The molecule has 0 amide bonds. The molecule has 18 heavy (non-hydrogen) atoms. The molecule has 0 aliphatic carbocycles. The lowest BCUT2D eigenvalue weighted by molar-refractivity contribution is 0.474. The normalized spacial score (nSPS) is 11.3. The van der Waals surface area contributed by atoms with E-state index in [1.807, 2.05) is 0 Å². The van der Waals surface area contributed by atoms with Crippen LogP contribution in [0.15, 0.2) is 47.8 Å². The number of sulfonamides is 1. The summed E-state index contributed by atoms with van der Waals surface area (Å²) in [4.78, 5) is 7.75. The minimum absolute atomic E-state index is 0.0183. The molecule has 2 N–H and O–H groups in total. The van der Waals surface area contributed by atoms with Gasteiger partial charge in [0.1, 0.15) is 12.1 Å². The smallest absolute Gasteiger partial charge is 0.240 e. The van der Waals surface area contributed by atoms with Crippen LogP contribution < -0.4 is 4.72 Å². The van der Waals surface area contributed by atoms with E-state index in [1.54, 1.807) is 6.07 Å². The lowest BCUT2D eigenvalue weighted by Crippen LogP contribution is -2.23. The molecule has 1 heterocycles. The van der Waals surface area contributed by atoms with E-state index in [2.05, 4.69) is 14.7 Å². The quantitative estimate of drug-likeness (QED) is 0.847. The van der Waals surface area contributed by atoms with Gasteiger partial charge in [-0.1, -0.05) is 0 Å². The Morgan fingerprint density at radius 1 is 1.17 bits per heavy atom. The van der Waals surface area contributed by atoms with Gasteiger partial charge in [-0.15, -0.1) is 0 Å². The van der Waals surface area contributed by atoms with Gasteiger partial charge in [0.25, 0.3) is 0 Å². The Bertz CT molecular complexity index is 612. The van der Waals surface area contributed by atoms with Crippen molar-refractivity contribution < 1.29 is 13.5 Å². The van der Waals surface area contributed by atoms with Gasteiger partial charge in [0.15, 0.2) is 0 Å². The van der Waals surface area contributed by atoms with E-state index in [4.69, 9.17) is 5.11 Å². The second kappa shape index (κ2) is 5.11. The fraction of sp³-hybridized carbons (Fsp3) is 0.0909. The zero-order valence-electron chi connectivity index (χ0n) is 9.31. The zero-order chi connectivity index (χ0) is 13.0. The Morgan fingerprint density at radius 2 is 1.89 bits per heavy atom. The number of phenols is 1. The summed E-state index contributed by atoms with van der Waals surface area (Å²) < 4.78 is 26.2. The molecule has 0 atom stereocenters. The fourth-order valence-corrected chi connectivity index (χ4v) is 2.30. The van der Waals surface area contributed by atoms with Crippen LogP contribution >= 0.6 is 0 Å². The van der Waals surface area contributed by atoms with E-state index in [-0.39, 0.29) is 17.2 Å². The second-order valence-electron chi connectivity index (χ2n) is 3.52. The predicted octanol–water partition coefficient (Wildman–Crippen LogP) is 0.661. The average Bonchev–Trinajstić information content (AvgIpc) is 2.38. The minimum atomic E-state index is -3.60. The van der Waals surface area contributed by atoms with Crippen molar-refractivity contribution >= 4 is 10.0 Å². The summed E-state index contributed by atoms with van der Waals surface area (Å²) in [5, 5.41) is 9.10. The van der Waals surface area contributed by atoms with Crippen molar-refractivity contribution in [3.63, 3.8) is 0 Å². The maximum absolute atomic E-state index is 11.9. The number of rotatable bonds is 4. The number of hydrogen-bond donors (Lipinski definition) is 2. The number of benzene rings is 1. The molecule has 0 saturated carbocycles. The first kappa shape index (κ1) is 12.5. The Kier molecular flexibility index (Phi) is 3.54. The van der Waals surface area contributed by atoms with Crippen LogP contribution in [-0.2, 0) is 16.6 Å². The van der Waals surface area contributed by atoms with Crippen LogP contribution in [0, 0.1) is 0 Å². The molecule has 0 aliphatic rings. The third-order valence-corrected chi connectivity index (χ3v) is 3.65. The highest BCUT2D eigenvalue weighted by Crippen LogP contribution is 2.14. The maximum Gasteiger partial charge on any atom is 0.240 e. The third-order valence-electron chi connectivity index (χ3n) is 2.23. The number of nitrogens with one attached hydrogen (secondary N) is 1. The molecular weight excluding hydrogens is 254 g/mol. The van der Waals surface area contributed by atoms with Crippen molar-refractivity contribution in [2.24, 2.45) is 0 Å². The van der Waals surface area contributed by atoms with Crippen LogP contribution in [0.5, 0.6) is 5.75 Å². The highest BCUT2D eigenvalue weighted by atomic mass is 32.2. The lowest BCUT2D eigenvalue weighted by Gasteiger charge is -2.06. The first-order chi connectivity index (χ1) is 8.58. The van der Waals surface area contributed by atoms with Crippen molar-refractivity contribution in [2.45, 2.75) is 11.4 Å². The van der Waals surface area contributed by atoms with Crippen molar-refractivity contribution in [3.05, 3.63) is 48.5 Å². The van der Waals surface area contributed by atoms with Crippen LogP contribution in [-0.4, -0.2) is 23.5 Å². The van der Waals surface area contributed by atoms with E-state index >= 15 is 0 Å². The topological polar surface area (TPSA) is 92.2 Å². The van der Waals surface area contributed by atoms with Gasteiger partial charge in [-0.3, -0.25) is 0 Å². The van der Waals surface area contributed by atoms with E-state index in [0.717, 1.165) is 0 Å². The van der Waals surface area contributed by atoms with Crippen molar-refractivity contribution in [3.8, 4) is 5.75 Å². The summed E-state index contributed by atoms with van der Waals surface area (Å²) >= 11 is 0. The lowest BCUT2D eigenvalue weighted by atomic mass is 10.3. The largest absolute Gasteiger partial charge is 0.508 e. The molecule has 0 bridgehead atoms. The Morgan fingerprint density at radius 3 is 2.50 bits per heavy atom. The molecule has 7 heteroatoms. The van der Waals surface area contributed by atoms with Gasteiger partial charge >= 0.3 is 0 Å². The van der Waals surface area contributed by atoms with Crippen LogP contribution in [0.4, 0.5) is 0 Å². The van der Waals surface area contributed by atoms with Crippen molar-refractivity contribution in [1.82, 2.24) is 14.7 Å². The monoisotopic (exact) mass is 265 g/mol. The summed E-state index contributed by atoms with van der Waals surface area (Å²) in [5.74, 6) is 0.0183. The molecule has 6 nitrogen and oxygen atoms in total. The number of aromatic hydroxyl groups is 1. The number of phenolic OH excluding ortho intramolecular Hbond substituents is 1. The first-order valence-corrected chi connectivity index (χ1v) is 6.60. The predicted molar refractivity (Wildman–Crippen MR) is 64.2 cm³/mol. The van der Waals surface area contributed by atoms with Crippen LogP contribution in [0.25, 0.3) is 0 Å². The zero-order valence-corrected chi connectivity index (χ0v) is 10.1. The maximum atomic E-state index is 11.9. The van der Waals surface area contributed by atoms with Gasteiger partial charge in [0.2, 0.25) is 10.0 Å². The summed E-state index contributed by atoms with van der Waals surface area (Å²) in [7, 11) is -3.60. The van der Waals surface area contributed by atoms with Crippen molar-refractivity contribution in [1.29, 1.82) is 0 Å². The summed E-state index contributed by atoms with van der Waals surface area (Å²) in [5.41, 5.74) is 0.576. The minimum Gasteiger partial charge on any atom is -0.508 e.